The first-order valence-corrected chi connectivity index (χ1v) is 9.20. The van der Waals surface area contributed by atoms with E-state index in [1.807, 2.05) is 0 Å². The number of aromatic nitrogens is 4. The van der Waals surface area contributed by atoms with Crippen LogP contribution in [0.15, 0.2) is 18.5 Å². The third-order valence-corrected chi connectivity index (χ3v) is 6.50. The second-order valence-corrected chi connectivity index (χ2v) is 7.96. The van der Waals surface area contributed by atoms with Crippen LogP contribution in [0, 0.1) is 17.8 Å². The van der Waals surface area contributed by atoms with Gasteiger partial charge in [0, 0.05) is 36.5 Å². The molecule has 5 heterocycles. The lowest BCUT2D eigenvalue weighted by molar-refractivity contribution is 0.380. The highest BCUT2D eigenvalue weighted by Crippen LogP contribution is 2.56. The first-order valence-electron chi connectivity index (χ1n) is 9.20. The summed E-state index contributed by atoms with van der Waals surface area (Å²) in [6.45, 7) is 3.33. The summed E-state index contributed by atoms with van der Waals surface area (Å²) in [5, 5.41) is 3.47. The summed E-state index contributed by atoms with van der Waals surface area (Å²) < 4.78 is 0. The fourth-order valence-corrected chi connectivity index (χ4v) is 5.00. The molecule has 3 atom stereocenters. The number of fused-ring (bicyclic) bond motifs is 2. The molecule has 0 radical (unpaired) electrons. The normalized spacial score (nSPS) is 34.7. The predicted molar refractivity (Wildman–Crippen MR) is 93.9 cm³/mol. The van der Waals surface area contributed by atoms with Crippen LogP contribution in [0.1, 0.15) is 24.5 Å². The first-order chi connectivity index (χ1) is 12.3. The van der Waals surface area contributed by atoms with Crippen LogP contribution < -0.4 is 16.0 Å². The molecule has 2 aromatic heterocycles. The molecule has 7 nitrogen and oxygen atoms in total. The molecule has 3 aliphatic heterocycles. The van der Waals surface area contributed by atoms with Crippen LogP contribution in [-0.2, 0) is 0 Å². The van der Waals surface area contributed by atoms with E-state index in [0.29, 0.717) is 17.9 Å². The van der Waals surface area contributed by atoms with Gasteiger partial charge in [0.15, 0.2) is 0 Å². The molecule has 2 bridgehead atoms. The third kappa shape index (κ3) is 2.08. The van der Waals surface area contributed by atoms with Gasteiger partial charge in [-0.2, -0.15) is 0 Å². The van der Waals surface area contributed by atoms with Gasteiger partial charge in [0.1, 0.15) is 0 Å². The van der Waals surface area contributed by atoms with Crippen molar-refractivity contribution in [1.29, 1.82) is 0 Å². The van der Waals surface area contributed by atoms with Crippen molar-refractivity contribution in [2.24, 2.45) is 17.8 Å². The summed E-state index contributed by atoms with van der Waals surface area (Å²) in [7, 11) is 0. The molecule has 3 saturated heterocycles. The topological polar surface area (TPSA) is 92.8 Å². The van der Waals surface area contributed by atoms with Crippen molar-refractivity contribution in [2.45, 2.75) is 24.8 Å². The Labute approximate surface area is 146 Å². The Bertz CT molecular complexity index is 820. The lowest BCUT2D eigenvalue weighted by Gasteiger charge is -2.26. The van der Waals surface area contributed by atoms with Gasteiger partial charge in [0.2, 0.25) is 11.9 Å². The lowest BCUT2D eigenvalue weighted by atomic mass is 9.86. The summed E-state index contributed by atoms with van der Waals surface area (Å²) in [5.41, 5.74) is 8.66. The Hall–Kier alpha value is -2.28. The molecule has 2 unspecified atom stereocenters. The number of piperidine rings is 1. The average molecular weight is 335 g/mol. The summed E-state index contributed by atoms with van der Waals surface area (Å²) in [5.74, 6) is 4.09. The van der Waals surface area contributed by atoms with Gasteiger partial charge in [0.25, 0.3) is 0 Å². The molecule has 5 aliphatic rings. The van der Waals surface area contributed by atoms with E-state index < -0.39 is 0 Å². The quantitative estimate of drug-likeness (QED) is 0.866. The van der Waals surface area contributed by atoms with E-state index in [1.54, 1.807) is 12.4 Å². The Balaban J connectivity index is 1.42. The number of nitrogens with two attached hydrogens (primary N) is 1. The summed E-state index contributed by atoms with van der Waals surface area (Å²) >= 11 is 0. The van der Waals surface area contributed by atoms with Crippen molar-refractivity contribution in [3.63, 3.8) is 0 Å². The first kappa shape index (κ1) is 13.9. The van der Waals surface area contributed by atoms with Gasteiger partial charge in [-0.15, -0.1) is 0 Å². The van der Waals surface area contributed by atoms with E-state index in [-0.39, 0.29) is 0 Å². The molecule has 2 saturated carbocycles. The number of hydrogen-bond donors (Lipinski definition) is 2. The van der Waals surface area contributed by atoms with Crippen molar-refractivity contribution in [3.05, 3.63) is 24.2 Å². The SMILES string of the molecule is Nc1ncc(-c2cc(C3C4CNC[C@H]43)nc(N3CC4CC3C4)n2)cn1. The minimum Gasteiger partial charge on any atom is -0.368 e. The van der Waals surface area contributed by atoms with Crippen molar-refractivity contribution in [2.75, 3.05) is 30.3 Å². The maximum absolute atomic E-state index is 5.64. The smallest absolute Gasteiger partial charge is 0.226 e. The van der Waals surface area contributed by atoms with Crippen LogP contribution in [0.2, 0.25) is 0 Å². The number of nitrogen functional groups attached to an aromatic ring is 1. The molecule has 0 spiro atoms. The summed E-state index contributed by atoms with van der Waals surface area (Å²) in [6.07, 6.45) is 6.12. The van der Waals surface area contributed by atoms with E-state index in [1.165, 1.54) is 18.5 Å². The third-order valence-electron chi connectivity index (χ3n) is 6.50. The highest BCUT2D eigenvalue weighted by Gasteiger charge is 2.54. The zero-order chi connectivity index (χ0) is 16.5. The minimum atomic E-state index is 0.293. The molecule has 7 heteroatoms. The van der Waals surface area contributed by atoms with Gasteiger partial charge in [-0.3, -0.25) is 0 Å². The van der Waals surface area contributed by atoms with Gasteiger partial charge in [-0.25, -0.2) is 19.9 Å². The van der Waals surface area contributed by atoms with Crippen LogP contribution in [0.4, 0.5) is 11.9 Å². The van der Waals surface area contributed by atoms with Gasteiger partial charge in [0.05, 0.1) is 11.4 Å². The molecule has 25 heavy (non-hydrogen) atoms. The van der Waals surface area contributed by atoms with Crippen molar-refractivity contribution in [1.82, 2.24) is 25.3 Å². The van der Waals surface area contributed by atoms with Gasteiger partial charge in [-0.1, -0.05) is 0 Å². The van der Waals surface area contributed by atoms with Crippen molar-refractivity contribution >= 4 is 11.9 Å². The summed E-state index contributed by atoms with van der Waals surface area (Å²) in [6, 6.07) is 2.78. The largest absolute Gasteiger partial charge is 0.368 e. The highest BCUT2D eigenvalue weighted by atomic mass is 15.3. The molecule has 3 N–H and O–H groups in total. The molecule has 0 aromatic carbocycles. The number of hydrogen-bond acceptors (Lipinski definition) is 7. The molecular formula is C18H21N7. The van der Waals surface area contributed by atoms with Crippen LogP contribution in [0.25, 0.3) is 11.3 Å². The molecular weight excluding hydrogens is 314 g/mol. The Morgan fingerprint density at radius 1 is 1.08 bits per heavy atom. The number of anilines is 2. The molecule has 7 rings (SSSR count). The highest BCUT2D eigenvalue weighted by molar-refractivity contribution is 5.60. The number of nitrogens with zero attached hydrogens (tertiary/aromatic N) is 5. The van der Waals surface area contributed by atoms with E-state index in [2.05, 4.69) is 26.3 Å². The van der Waals surface area contributed by atoms with Crippen LogP contribution in [0.5, 0.6) is 0 Å². The second kappa shape index (κ2) is 4.88. The maximum atomic E-state index is 5.64. The predicted octanol–water partition coefficient (Wildman–Crippen LogP) is 1.05. The second-order valence-electron chi connectivity index (χ2n) is 7.96. The van der Waals surface area contributed by atoms with Gasteiger partial charge < -0.3 is 16.0 Å². The lowest BCUT2D eigenvalue weighted by Crippen LogP contribution is -2.30. The van der Waals surface area contributed by atoms with E-state index in [9.17, 15) is 0 Å². The zero-order valence-electron chi connectivity index (χ0n) is 14.0. The number of rotatable bonds is 3. The molecule has 2 aromatic rings. The van der Waals surface area contributed by atoms with Crippen LogP contribution >= 0.6 is 0 Å². The summed E-state index contributed by atoms with van der Waals surface area (Å²) in [4.78, 5) is 20.6. The molecule has 2 aliphatic carbocycles. The molecule has 0 amide bonds. The minimum absolute atomic E-state index is 0.293. The average Bonchev–Trinajstić information content (AvgIpc) is 3.04. The maximum Gasteiger partial charge on any atom is 0.226 e. The zero-order valence-corrected chi connectivity index (χ0v) is 14.0. The van der Waals surface area contributed by atoms with Crippen LogP contribution in [-0.4, -0.2) is 45.6 Å². The Morgan fingerprint density at radius 2 is 1.84 bits per heavy atom. The van der Waals surface area contributed by atoms with Gasteiger partial charge in [-0.05, 0) is 49.8 Å². The van der Waals surface area contributed by atoms with E-state index in [0.717, 1.165) is 54.6 Å². The van der Waals surface area contributed by atoms with E-state index in [4.69, 9.17) is 15.7 Å². The van der Waals surface area contributed by atoms with E-state index >= 15 is 0 Å². The Kier molecular flexibility index (Phi) is 2.72. The van der Waals surface area contributed by atoms with Gasteiger partial charge >= 0.3 is 0 Å². The van der Waals surface area contributed by atoms with Crippen molar-refractivity contribution < 1.29 is 0 Å². The fraction of sp³-hybridized carbons (Fsp3) is 0.556. The monoisotopic (exact) mass is 335 g/mol. The van der Waals surface area contributed by atoms with Crippen LogP contribution in [0.3, 0.4) is 0 Å². The molecule has 5 fully saturated rings. The standard InChI is InChI=1S/C18H21N7/c19-17-21-4-10(5-22-17)14-3-15(16-12-6-20-7-13(12)16)24-18(23-14)25-8-9-1-11(25)2-9/h3-5,9,11-13,16,20H,1-2,6-8H2,(H2,19,21,22)/t9?,11?,12-,13?,16?/m1/s1. The number of nitrogens with one attached hydrogen (secondary N) is 1. The molecule has 128 valence electrons. The van der Waals surface area contributed by atoms with Crippen molar-refractivity contribution in [3.8, 4) is 11.3 Å². The fourth-order valence-electron chi connectivity index (χ4n) is 5.00. The Morgan fingerprint density at radius 3 is 2.52 bits per heavy atom.